The van der Waals surface area contributed by atoms with Gasteiger partial charge in [-0.2, -0.15) is 0 Å². The van der Waals surface area contributed by atoms with Gasteiger partial charge >= 0.3 is 6.01 Å². The van der Waals surface area contributed by atoms with E-state index in [0.717, 1.165) is 10.9 Å². The Morgan fingerprint density at radius 2 is 1.81 bits per heavy atom. The monoisotopic (exact) mass is 361 g/mol. The third-order valence-corrected chi connectivity index (χ3v) is 4.34. The Labute approximate surface area is 156 Å². The predicted molar refractivity (Wildman–Crippen MR) is 102 cm³/mol. The van der Waals surface area contributed by atoms with Crippen LogP contribution >= 0.6 is 0 Å². The largest absolute Gasteiger partial charge is 0.451 e. The summed E-state index contributed by atoms with van der Waals surface area (Å²) in [5, 5.41) is 11.3. The molecule has 0 aliphatic carbocycles. The first-order valence-electron chi connectivity index (χ1n) is 8.79. The molecule has 27 heavy (non-hydrogen) atoms. The van der Waals surface area contributed by atoms with Gasteiger partial charge in [0, 0.05) is 5.39 Å². The summed E-state index contributed by atoms with van der Waals surface area (Å²) in [5.74, 6) is 0.692. The number of hydrogen-bond donors (Lipinski definition) is 1. The first-order chi connectivity index (χ1) is 13.1. The Bertz CT molecular complexity index is 1040. The fourth-order valence-corrected chi connectivity index (χ4v) is 2.82. The number of carbonyl (C=O) groups excluding carboxylic acids is 1. The van der Waals surface area contributed by atoms with Crippen LogP contribution in [0.2, 0.25) is 0 Å². The van der Waals surface area contributed by atoms with Crippen molar-refractivity contribution in [2.75, 3.05) is 5.32 Å². The maximum atomic E-state index is 12.3. The molecule has 0 saturated carbocycles. The van der Waals surface area contributed by atoms with Gasteiger partial charge in [0.05, 0.1) is 6.42 Å². The number of carbonyl (C=O) groups is 1. The number of fused-ring (bicyclic) bond motifs is 1. The molecule has 4 rings (SSSR count). The highest BCUT2D eigenvalue weighted by atomic mass is 16.4. The molecule has 0 saturated heterocycles. The van der Waals surface area contributed by atoms with E-state index in [9.17, 15) is 4.79 Å². The zero-order valence-electron chi connectivity index (χ0n) is 15.1. The number of aromatic nitrogens is 2. The molecule has 0 radical (unpaired) electrons. The van der Waals surface area contributed by atoms with Crippen molar-refractivity contribution in [3.05, 3.63) is 77.4 Å². The second-order valence-corrected chi connectivity index (χ2v) is 6.68. The quantitative estimate of drug-likeness (QED) is 0.553. The normalized spacial score (nSPS) is 11.2. The Balaban J connectivity index is 1.43. The number of para-hydroxylation sites is 1. The number of anilines is 1. The number of nitrogens with one attached hydrogen (secondary N) is 1. The molecule has 2 aromatic carbocycles. The lowest BCUT2D eigenvalue weighted by Gasteiger charge is -2.05. The highest BCUT2D eigenvalue weighted by Gasteiger charge is 2.16. The molecule has 1 amide bonds. The summed E-state index contributed by atoms with van der Waals surface area (Å²) in [6, 6.07) is 17.4. The minimum absolute atomic E-state index is 0.0502. The zero-order chi connectivity index (χ0) is 18.8. The van der Waals surface area contributed by atoms with Gasteiger partial charge in [-0.15, -0.1) is 5.10 Å². The maximum absolute atomic E-state index is 12.3. The molecular formula is C21H19N3O3. The van der Waals surface area contributed by atoms with Crippen LogP contribution in [0.1, 0.15) is 47.3 Å². The van der Waals surface area contributed by atoms with Crippen LogP contribution in [0.3, 0.4) is 0 Å². The standard InChI is InChI=1S/C21H19N3O3/c1-13(2)15-9-7-14(8-10-15)11-19-23-24-21(27-19)22-20(25)18-12-16-5-3-4-6-17(16)26-18/h3-10,12-13H,11H2,1-2H3,(H,22,24,25). The molecule has 2 heterocycles. The second-order valence-electron chi connectivity index (χ2n) is 6.68. The number of nitrogens with zero attached hydrogens (tertiary/aromatic N) is 2. The minimum atomic E-state index is -0.428. The lowest BCUT2D eigenvalue weighted by molar-refractivity contribution is 0.0995. The fourth-order valence-electron chi connectivity index (χ4n) is 2.82. The highest BCUT2D eigenvalue weighted by Crippen LogP contribution is 2.20. The lowest BCUT2D eigenvalue weighted by atomic mass is 10.0. The van der Waals surface area contributed by atoms with Gasteiger partial charge in [-0.1, -0.05) is 61.4 Å². The summed E-state index contributed by atoms with van der Waals surface area (Å²) in [5.41, 5.74) is 3.00. The third kappa shape index (κ3) is 3.74. The highest BCUT2D eigenvalue weighted by molar-refractivity contribution is 6.03. The van der Waals surface area contributed by atoms with Crippen LogP contribution in [0.25, 0.3) is 11.0 Å². The second kappa shape index (κ2) is 7.07. The van der Waals surface area contributed by atoms with Crippen molar-refractivity contribution in [2.45, 2.75) is 26.2 Å². The summed E-state index contributed by atoms with van der Waals surface area (Å²) >= 11 is 0. The van der Waals surface area contributed by atoms with Crippen molar-refractivity contribution in [1.29, 1.82) is 0 Å². The SMILES string of the molecule is CC(C)c1ccc(Cc2nnc(NC(=O)c3cc4ccccc4o3)o2)cc1. The van der Waals surface area contributed by atoms with Gasteiger partial charge in [-0.3, -0.25) is 10.1 Å². The van der Waals surface area contributed by atoms with E-state index in [0.29, 0.717) is 23.8 Å². The van der Waals surface area contributed by atoms with Crippen molar-refractivity contribution in [1.82, 2.24) is 10.2 Å². The topological polar surface area (TPSA) is 81.2 Å². The van der Waals surface area contributed by atoms with E-state index in [2.05, 4.69) is 41.5 Å². The molecule has 0 aliphatic rings. The molecule has 6 heteroatoms. The van der Waals surface area contributed by atoms with Crippen molar-refractivity contribution in [3.8, 4) is 0 Å². The van der Waals surface area contributed by atoms with Gasteiger partial charge in [0.2, 0.25) is 5.89 Å². The molecule has 0 spiro atoms. The van der Waals surface area contributed by atoms with Gasteiger partial charge in [-0.05, 0) is 29.2 Å². The van der Waals surface area contributed by atoms with E-state index < -0.39 is 5.91 Å². The number of rotatable bonds is 5. The van der Waals surface area contributed by atoms with Crippen LogP contribution < -0.4 is 5.32 Å². The minimum Gasteiger partial charge on any atom is -0.451 e. The van der Waals surface area contributed by atoms with E-state index in [1.807, 2.05) is 36.4 Å². The lowest BCUT2D eigenvalue weighted by Crippen LogP contribution is -2.10. The third-order valence-electron chi connectivity index (χ3n) is 4.34. The summed E-state index contributed by atoms with van der Waals surface area (Å²) in [6.45, 7) is 4.31. The Morgan fingerprint density at radius 3 is 2.56 bits per heavy atom. The molecule has 136 valence electrons. The Hall–Kier alpha value is -3.41. The van der Waals surface area contributed by atoms with Gasteiger partial charge in [0.1, 0.15) is 5.58 Å². The molecule has 0 aliphatic heterocycles. The van der Waals surface area contributed by atoms with Crippen LogP contribution in [0.15, 0.2) is 63.4 Å². The van der Waals surface area contributed by atoms with Crippen molar-refractivity contribution in [3.63, 3.8) is 0 Å². The number of benzene rings is 2. The predicted octanol–water partition coefficient (Wildman–Crippen LogP) is 4.78. The Kier molecular flexibility index (Phi) is 4.46. The molecule has 2 aromatic heterocycles. The average Bonchev–Trinajstić information content (AvgIpc) is 3.29. The number of furan rings is 1. The van der Waals surface area contributed by atoms with Crippen molar-refractivity contribution >= 4 is 22.9 Å². The molecule has 4 aromatic rings. The molecule has 0 unspecified atom stereocenters. The van der Waals surface area contributed by atoms with Crippen LogP contribution in [-0.4, -0.2) is 16.1 Å². The van der Waals surface area contributed by atoms with E-state index >= 15 is 0 Å². The number of amides is 1. The molecule has 0 bridgehead atoms. The maximum Gasteiger partial charge on any atom is 0.322 e. The van der Waals surface area contributed by atoms with Gasteiger partial charge in [0.15, 0.2) is 5.76 Å². The van der Waals surface area contributed by atoms with Crippen LogP contribution in [-0.2, 0) is 6.42 Å². The first kappa shape index (κ1) is 17.0. The summed E-state index contributed by atoms with van der Waals surface area (Å²) < 4.78 is 11.1. The van der Waals surface area contributed by atoms with Crippen LogP contribution in [0.4, 0.5) is 6.01 Å². The van der Waals surface area contributed by atoms with Gasteiger partial charge in [0.25, 0.3) is 5.91 Å². The molecular weight excluding hydrogens is 342 g/mol. The Morgan fingerprint density at radius 1 is 1.04 bits per heavy atom. The summed E-state index contributed by atoms with van der Waals surface area (Å²) in [7, 11) is 0. The van der Waals surface area contributed by atoms with E-state index in [1.165, 1.54) is 5.56 Å². The van der Waals surface area contributed by atoms with Crippen LogP contribution in [0, 0.1) is 0 Å². The van der Waals surface area contributed by atoms with E-state index in [4.69, 9.17) is 8.83 Å². The smallest absolute Gasteiger partial charge is 0.322 e. The van der Waals surface area contributed by atoms with Crippen molar-refractivity contribution in [2.24, 2.45) is 0 Å². The van der Waals surface area contributed by atoms with E-state index in [1.54, 1.807) is 6.07 Å². The molecule has 0 atom stereocenters. The van der Waals surface area contributed by atoms with Crippen LogP contribution in [0.5, 0.6) is 0 Å². The average molecular weight is 361 g/mol. The molecule has 6 nitrogen and oxygen atoms in total. The van der Waals surface area contributed by atoms with Crippen molar-refractivity contribution < 1.29 is 13.6 Å². The fraction of sp³-hybridized carbons (Fsp3) is 0.190. The van der Waals surface area contributed by atoms with Gasteiger partial charge < -0.3 is 8.83 Å². The van der Waals surface area contributed by atoms with E-state index in [-0.39, 0.29) is 11.8 Å². The first-order valence-corrected chi connectivity index (χ1v) is 8.79. The number of hydrogen-bond acceptors (Lipinski definition) is 5. The zero-order valence-corrected chi connectivity index (χ0v) is 15.1. The molecule has 1 N–H and O–H groups in total. The summed E-state index contributed by atoms with van der Waals surface area (Å²) in [4.78, 5) is 12.3. The molecule has 0 fully saturated rings. The van der Waals surface area contributed by atoms with Gasteiger partial charge in [-0.25, -0.2) is 0 Å². The summed E-state index contributed by atoms with van der Waals surface area (Å²) in [6.07, 6.45) is 0.506.